The molecule has 4 heteroatoms. The summed E-state index contributed by atoms with van der Waals surface area (Å²) < 4.78 is 0. The zero-order valence-electron chi connectivity index (χ0n) is 12.8. The highest BCUT2D eigenvalue weighted by molar-refractivity contribution is 5.79. The number of benzene rings is 1. The molecular weight excluding hydrogens is 262 g/mol. The Hall–Kier alpha value is -1.39. The second-order valence-electron chi connectivity index (χ2n) is 6.24. The number of likely N-dealkylation sites (tertiary alicyclic amines) is 1. The highest BCUT2D eigenvalue weighted by Crippen LogP contribution is 2.27. The number of carbonyl (C=O) groups excluding carboxylic acids is 1. The third-order valence-electron chi connectivity index (χ3n) is 4.78. The van der Waals surface area contributed by atoms with Gasteiger partial charge in [0.1, 0.15) is 0 Å². The third-order valence-corrected chi connectivity index (χ3v) is 4.78. The van der Waals surface area contributed by atoms with Crippen LogP contribution in [0.25, 0.3) is 0 Å². The van der Waals surface area contributed by atoms with E-state index in [2.05, 4.69) is 46.4 Å². The largest absolute Gasteiger partial charge is 0.333 e. The van der Waals surface area contributed by atoms with E-state index in [1.165, 1.54) is 5.56 Å². The highest BCUT2D eigenvalue weighted by Gasteiger charge is 2.33. The topological polar surface area (TPSA) is 35.6 Å². The number of nitrogens with zero attached hydrogens (tertiary/aromatic N) is 2. The molecule has 1 aromatic carbocycles. The average Bonchev–Trinajstić information content (AvgIpc) is 2.56. The molecule has 3 rings (SSSR count). The van der Waals surface area contributed by atoms with Crippen LogP contribution in [0.2, 0.25) is 0 Å². The number of nitrogens with one attached hydrogen (secondary N) is 1. The van der Waals surface area contributed by atoms with Gasteiger partial charge in [-0.05, 0) is 38.5 Å². The fourth-order valence-corrected chi connectivity index (χ4v) is 3.43. The van der Waals surface area contributed by atoms with Crippen LogP contribution in [-0.2, 0) is 4.79 Å². The summed E-state index contributed by atoms with van der Waals surface area (Å²) in [6.45, 7) is 4.67. The van der Waals surface area contributed by atoms with Crippen LogP contribution in [0.15, 0.2) is 30.3 Å². The molecule has 2 aliphatic rings. The highest BCUT2D eigenvalue weighted by atomic mass is 16.2. The molecule has 1 N–H and O–H groups in total. The smallest absolute Gasteiger partial charge is 0.226 e. The molecule has 2 saturated heterocycles. The zero-order valence-corrected chi connectivity index (χ0v) is 12.8. The van der Waals surface area contributed by atoms with Crippen molar-refractivity contribution in [3.63, 3.8) is 0 Å². The minimum absolute atomic E-state index is 0.187. The van der Waals surface area contributed by atoms with Crippen LogP contribution in [0.4, 0.5) is 0 Å². The van der Waals surface area contributed by atoms with E-state index in [9.17, 15) is 4.79 Å². The van der Waals surface area contributed by atoms with Crippen molar-refractivity contribution in [1.29, 1.82) is 0 Å². The maximum absolute atomic E-state index is 12.9. The Kier molecular flexibility index (Phi) is 4.56. The van der Waals surface area contributed by atoms with Crippen LogP contribution < -0.4 is 5.32 Å². The van der Waals surface area contributed by atoms with Crippen molar-refractivity contribution >= 4 is 5.91 Å². The van der Waals surface area contributed by atoms with Gasteiger partial charge in [0.2, 0.25) is 5.91 Å². The average molecular weight is 287 g/mol. The molecule has 114 valence electrons. The molecule has 1 aromatic rings. The maximum Gasteiger partial charge on any atom is 0.226 e. The Morgan fingerprint density at radius 1 is 1.14 bits per heavy atom. The van der Waals surface area contributed by atoms with E-state index < -0.39 is 0 Å². The Labute approximate surface area is 127 Å². The molecule has 0 bridgehead atoms. The van der Waals surface area contributed by atoms with Crippen LogP contribution in [-0.4, -0.2) is 55.5 Å². The Morgan fingerprint density at radius 3 is 2.57 bits per heavy atom. The lowest BCUT2D eigenvalue weighted by Crippen LogP contribution is -2.51. The predicted octanol–water partition coefficient (Wildman–Crippen LogP) is 1.50. The monoisotopic (exact) mass is 287 g/mol. The fraction of sp³-hybridized carbons (Fsp3) is 0.588. The molecule has 21 heavy (non-hydrogen) atoms. The molecule has 4 nitrogen and oxygen atoms in total. The molecular formula is C17H25N3O. The quantitative estimate of drug-likeness (QED) is 0.895. The maximum atomic E-state index is 12.9. The summed E-state index contributed by atoms with van der Waals surface area (Å²) in [5.74, 6) is 0.573. The molecule has 0 spiro atoms. The molecule has 0 aromatic heterocycles. The van der Waals surface area contributed by atoms with Crippen LogP contribution in [0.1, 0.15) is 24.4 Å². The molecule has 0 aliphatic carbocycles. The molecule has 1 amide bonds. The van der Waals surface area contributed by atoms with E-state index in [1.807, 2.05) is 6.07 Å². The minimum atomic E-state index is 0.187. The molecule has 0 unspecified atom stereocenters. The SMILES string of the molecule is CN1CCC(C(=O)N2CCNC[C@@H]2c2ccccc2)CC1. The van der Waals surface area contributed by atoms with Crippen molar-refractivity contribution in [2.75, 3.05) is 39.8 Å². The number of hydrogen-bond acceptors (Lipinski definition) is 3. The minimum Gasteiger partial charge on any atom is -0.333 e. The van der Waals surface area contributed by atoms with Gasteiger partial charge in [0.15, 0.2) is 0 Å². The van der Waals surface area contributed by atoms with Crippen LogP contribution in [0.3, 0.4) is 0 Å². The number of hydrogen-bond donors (Lipinski definition) is 1. The first kappa shape index (κ1) is 14.5. The number of rotatable bonds is 2. The van der Waals surface area contributed by atoms with Crippen molar-refractivity contribution in [3.05, 3.63) is 35.9 Å². The van der Waals surface area contributed by atoms with Crippen molar-refractivity contribution in [1.82, 2.24) is 15.1 Å². The van der Waals surface area contributed by atoms with Gasteiger partial charge in [0, 0.05) is 25.6 Å². The summed E-state index contributed by atoms with van der Waals surface area (Å²) >= 11 is 0. The van der Waals surface area contributed by atoms with Gasteiger partial charge in [0.05, 0.1) is 6.04 Å². The van der Waals surface area contributed by atoms with Crippen LogP contribution in [0.5, 0.6) is 0 Å². The van der Waals surface area contributed by atoms with Crippen molar-refractivity contribution in [2.45, 2.75) is 18.9 Å². The lowest BCUT2D eigenvalue weighted by atomic mass is 9.93. The van der Waals surface area contributed by atoms with E-state index in [4.69, 9.17) is 0 Å². The van der Waals surface area contributed by atoms with E-state index in [1.54, 1.807) is 0 Å². The first-order chi connectivity index (χ1) is 10.3. The van der Waals surface area contributed by atoms with Gasteiger partial charge in [-0.2, -0.15) is 0 Å². The fourth-order valence-electron chi connectivity index (χ4n) is 3.43. The van der Waals surface area contributed by atoms with Gasteiger partial charge < -0.3 is 15.1 Å². The summed E-state index contributed by atoms with van der Waals surface area (Å²) in [6.07, 6.45) is 2.00. The molecule has 2 aliphatic heterocycles. The number of piperazine rings is 1. The molecule has 0 saturated carbocycles. The summed E-state index contributed by atoms with van der Waals surface area (Å²) in [5.41, 5.74) is 1.24. The predicted molar refractivity (Wildman–Crippen MR) is 84.0 cm³/mol. The third kappa shape index (κ3) is 3.27. The molecule has 0 radical (unpaired) electrons. The lowest BCUT2D eigenvalue weighted by molar-refractivity contribution is -0.140. The van der Waals surface area contributed by atoms with E-state index in [0.29, 0.717) is 5.91 Å². The number of amides is 1. The summed E-state index contributed by atoms with van der Waals surface area (Å²) in [7, 11) is 2.14. The van der Waals surface area contributed by atoms with E-state index in [0.717, 1.165) is 45.6 Å². The van der Waals surface area contributed by atoms with Crippen molar-refractivity contribution in [3.8, 4) is 0 Å². The van der Waals surface area contributed by atoms with Crippen LogP contribution in [0, 0.1) is 5.92 Å². The first-order valence-corrected chi connectivity index (χ1v) is 8.00. The van der Waals surface area contributed by atoms with Crippen LogP contribution >= 0.6 is 0 Å². The molecule has 1 atom stereocenters. The first-order valence-electron chi connectivity index (χ1n) is 8.00. The summed E-state index contributed by atoms with van der Waals surface area (Å²) in [4.78, 5) is 17.4. The van der Waals surface area contributed by atoms with Crippen molar-refractivity contribution in [2.24, 2.45) is 5.92 Å². The molecule has 2 fully saturated rings. The van der Waals surface area contributed by atoms with Gasteiger partial charge in [-0.25, -0.2) is 0 Å². The van der Waals surface area contributed by atoms with E-state index in [-0.39, 0.29) is 12.0 Å². The Balaban J connectivity index is 1.73. The summed E-state index contributed by atoms with van der Waals surface area (Å²) in [6, 6.07) is 10.6. The Bertz CT molecular complexity index is 468. The van der Waals surface area contributed by atoms with Crippen molar-refractivity contribution < 1.29 is 4.79 Å². The normalized spacial score (nSPS) is 25.0. The van der Waals surface area contributed by atoms with Gasteiger partial charge in [0.25, 0.3) is 0 Å². The van der Waals surface area contributed by atoms with Gasteiger partial charge in [-0.15, -0.1) is 0 Å². The van der Waals surface area contributed by atoms with Gasteiger partial charge >= 0.3 is 0 Å². The van der Waals surface area contributed by atoms with E-state index >= 15 is 0 Å². The second kappa shape index (κ2) is 6.58. The zero-order chi connectivity index (χ0) is 14.7. The number of piperidine rings is 1. The van der Waals surface area contributed by atoms with Gasteiger partial charge in [-0.1, -0.05) is 30.3 Å². The summed E-state index contributed by atoms with van der Waals surface area (Å²) in [5, 5.41) is 3.43. The second-order valence-corrected chi connectivity index (χ2v) is 6.24. The number of carbonyl (C=O) groups is 1. The Morgan fingerprint density at radius 2 is 1.86 bits per heavy atom. The van der Waals surface area contributed by atoms with Gasteiger partial charge in [-0.3, -0.25) is 4.79 Å². The molecule has 2 heterocycles. The lowest BCUT2D eigenvalue weighted by Gasteiger charge is -2.40. The standard InChI is InChI=1S/C17H25N3O/c1-19-10-7-15(8-11-19)17(21)20-12-9-18-13-16(20)14-5-3-2-4-6-14/h2-6,15-16,18H,7-13H2,1H3/t16-/m1/s1.